The molecule has 2 rings (SSSR count). The first-order chi connectivity index (χ1) is 10.6. The number of nitrogens with zero attached hydrogens (tertiary/aromatic N) is 3. The van der Waals surface area contributed by atoms with E-state index in [1.54, 1.807) is 17.1 Å². The van der Waals surface area contributed by atoms with Gasteiger partial charge in [-0.2, -0.15) is 5.10 Å². The average Bonchev–Trinajstić information content (AvgIpc) is 3.05. The fraction of sp³-hybridized carbons (Fsp3) is 0.438. The molecule has 1 aromatic heterocycles. The van der Waals surface area contributed by atoms with Gasteiger partial charge in [0.2, 0.25) is 0 Å². The van der Waals surface area contributed by atoms with Crippen LogP contribution in [-0.2, 0) is 6.54 Å². The monoisotopic (exact) mass is 302 g/mol. The lowest BCUT2D eigenvalue weighted by molar-refractivity contribution is 0.0849. The van der Waals surface area contributed by atoms with E-state index in [1.165, 1.54) is 6.33 Å². The third kappa shape index (κ3) is 4.14. The van der Waals surface area contributed by atoms with Gasteiger partial charge in [-0.25, -0.2) is 9.67 Å². The van der Waals surface area contributed by atoms with Crippen molar-refractivity contribution in [2.45, 2.75) is 32.9 Å². The van der Waals surface area contributed by atoms with E-state index in [0.29, 0.717) is 12.1 Å². The van der Waals surface area contributed by atoms with Crippen LogP contribution in [0.25, 0.3) is 0 Å². The number of hydrogen-bond acceptors (Lipinski definition) is 4. The summed E-state index contributed by atoms with van der Waals surface area (Å²) in [6.45, 7) is 4.72. The second kappa shape index (κ2) is 7.70. The van der Waals surface area contributed by atoms with Crippen LogP contribution in [-0.4, -0.2) is 38.4 Å². The smallest absolute Gasteiger partial charge is 0.251 e. The lowest BCUT2D eigenvalue weighted by Crippen LogP contribution is -2.35. The highest BCUT2D eigenvalue weighted by Gasteiger charge is 2.16. The Kier molecular flexibility index (Phi) is 5.66. The summed E-state index contributed by atoms with van der Waals surface area (Å²) in [6, 6.07) is 7.38. The molecule has 22 heavy (non-hydrogen) atoms. The highest BCUT2D eigenvalue weighted by atomic mass is 16.3. The first-order valence-corrected chi connectivity index (χ1v) is 7.48. The number of benzene rings is 1. The second-order valence-corrected chi connectivity index (χ2v) is 5.41. The summed E-state index contributed by atoms with van der Waals surface area (Å²) in [4.78, 5) is 16.2. The van der Waals surface area contributed by atoms with Crippen LogP contribution >= 0.6 is 0 Å². The molecule has 0 fully saturated rings. The molecular formula is C16H22N4O2. The van der Waals surface area contributed by atoms with E-state index < -0.39 is 6.10 Å². The number of carbonyl (C=O) groups excluding carboxylic acids is 1. The van der Waals surface area contributed by atoms with Gasteiger partial charge in [-0.15, -0.1) is 0 Å². The average molecular weight is 302 g/mol. The number of aliphatic hydroxyl groups excluding tert-OH is 1. The Labute approximate surface area is 130 Å². The Bertz CT molecular complexity index is 598. The minimum Gasteiger partial charge on any atom is -0.391 e. The summed E-state index contributed by atoms with van der Waals surface area (Å²) in [5.41, 5.74) is 1.46. The summed E-state index contributed by atoms with van der Waals surface area (Å²) < 4.78 is 1.67. The number of hydrogen-bond donors (Lipinski definition) is 2. The maximum absolute atomic E-state index is 12.3. The summed E-state index contributed by atoms with van der Waals surface area (Å²) in [7, 11) is 0. The molecule has 0 aliphatic rings. The molecule has 0 aliphatic carbocycles. The van der Waals surface area contributed by atoms with Gasteiger partial charge in [0.05, 0.1) is 12.6 Å². The molecule has 2 unspecified atom stereocenters. The van der Waals surface area contributed by atoms with Gasteiger partial charge < -0.3 is 10.4 Å². The molecule has 1 amide bonds. The third-order valence-electron chi connectivity index (χ3n) is 3.83. The summed E-state index contributed by atoms with van der Waals surface area (Å²) >= 11 is 0. The van der Waals surface area contributed by atoms with Crippen molar-refractivity contribution in [3.05, 3.63) is 48.0 Å². The molecule has 0 saturated heterocycles. The molecule has 1 aromatic carbocycles. The quantitative estimate of drug-likeness (QED) is 0.811. The van der Waals surface area contributed by atoms with E-state index in [2.05, 4.69) is 15.4 Å². The number of carbonyl (C=O) groups is 1. The molecule has 0 spiro atoms. The molecule has 0 radical (unpaired) electrons. The molecule has 2 N–H and O–H groups in total. The van der Waals surface area contributed by atoms with Gasteiger partial charge in [-0.1, -0.05) is 38.5 Å². The number of rotatable bonds is 7. The van der Waals surface area contributed by atoms with Crippen LogP contribution in [0.5, 0.6) is 0 Å². The lowest BCUT2D eigenvalue weighted by atomic mass is 10.0. The van der Waals surface area contributed by atoms with Gasteiger partial charge in [0.1, 0.15) is 12.7 Å². The van der Waals surface area contributed by atoms with Crippen molar-refractivity contribution in [2.75, 3.05) is 6.54 Å². The summed E-state index contributed by atoms with van der Waals surface area (Å²) in [6.07, 6.45) is 3.42. The normalized spacial score (nSPS) is 13.6. The zero-order chi connectivity index (χ0) is 15.9. The molecule has 6 heteroatoms. The van der Waals surface area contributed by atoms with Crippen molar-refractivity contribution in [2.24, 2.45) is 5.92 Å². The van der Waals surface area contributed by atoms with E-state index in [0.717, 1.165) is 12.0 Å². The van der Waals surface area contributed by atoms with E-state index in [-0.39, 0.29) is 18.4 Å². The molecule has 6 nitrogen and oxygen atoms in total. The molecule has 0 bridgehead atoms. The Morgan fingerprint density at radius 3 is 2.86 bits per heavy atom. The van der Waals surface area contributed by atoms with E-state index in [1.807, 2.05) is 32.0 Å². The molecule has 0 saturated carbocycles. The van der Waals surface area contributed by atoms with E-state index >= 15 is 0 Å². The summed E-state index contributed by atoms with van der Waals surface area (Å²) in [5, 5.41) is 16.8. The lowest BCUT2D eigenvalue weighted by Gasteiger charge is -2.18. The van der Waals surface area contributed by atoms with Crippen molar-refractivity contribution in [3.8, 4) is 0 Å². The fourth-order valence-electron chi connectivity index (χ4n) is 2.13. The second-order valence-electron chi connectivity index (χ2n) is 5.41. The molecular weight excluding hydrogens is 280 g/mol. The van der Waals surface area contributed by atoms with Gasteiger partial charge in [0, 0.05) is 12.1 Å². The first kappa shape index (κ1) is 16.2. The predicted octanol–water partition coefficient (Wildman–Crippen LogP) is 1.46. The van der Waals surface area contributed by atoms with Crippen LogP contribution in [0.3, 0.4) is 0 Å². The molecule has 1 heterocycles. The van der Waals surface area contributed by atoms with Crippen molar-refractivity contribution < 1.29 is 9.90 Å². The Morgan fingerprint density at radius 2 is 2.18 bits per heavy atom. The number of aliphatic hydroxyl groups is 1. The predicted molar refractivity (Wildman–Crippen MR) is 83.4 cm³/mol. The molecule has 2 aromatic rings. The van der Waals surface area contributed by atoms with Crippen LogP contribution in [0.4, 0.5) is 0 Å². The van der Waals surface area contributed by atoms with E-state index in [4.69, 9.17) is 0 Å². The van der Waals surface area contributed by atoms with Crippen molar-refractivity contribution in [3.63, 3.8) is 0 Å². The van der Waals surface area contributed by atoms with Crippen molar-refractivity contribution in [1.29, 1.82) is 0 Å². The molecule has 0 aliphatic heterocycles. The fourth-order valence-corrected chi connectivity index (χ4v) is 2.13. The minimum absolute atomic E-state index is 0.158. The highest BCUT2D eigenvalue weighted by molar-refractivity contribution is 5.95. The van der Waals surface area contributed by atoms with Crippen molar-refractivity contribution in [1.82, 2.24) is 20.1 Å². The van der Waals surface area contributed by atoms with E-state index in [9.17, 15) is 9.90 Å². The Morgan fingerprint density at radius 1 is 1.41 bits per heavy atom. The van der Waals surface area contributed by atoms with Crippen LogP contribution in [0.1, 0.15) is 36.2 Å². The SMILES string of the molecule is CCC(C)C(O)CNC(=O)c1ccccc1Cn1cncn1. The van der Waals surface area contributed by atoms with Crippen LogP contribution in [0, 0.1) is 5.92 Å². The largest absolute Gasteiger partial charge is 0.391 e. The van der Waals surface area contributed by atoms with Gasteiger partial charge in [0.25, 0.3) is 5.91 Å². The first-order valence-electron chi connectivity index (χ1n) is 7.48. The van der Waals surface area contributed by atoms with Gasteiger partial charge in [-0.3, -0.25) is 4.79 Å². The maximum Gasteiger partial charge on any atom is 0.251 e. The van der Waals surface area contributed by atoms with Crippen LogP contribution in [0.15, 0.2) is 36.9 Å². The minimum atomic E-state index is -0.531. The van der Waals surface area contributed by atoms with Crippen LogP contribution in [0.2, 0.25) is 0 Å². The number of nitrogens with one attached hydrogen (secondary N) is 1. The van der Waals surface area contributed by atoms with Crippen LogP contribution < -0.4 is 5.32 Å². The number of amides is 1. The standard InChI is InChI=1S/C16H22N4O2/c1-3-12(2)15(21)8-18-16(22)14-7-5-4-6-13(14)9-20-11-17-10-19-20/h4-7,10-12,15,21H,3,8-9H2,1-2H3,(H,18,22). The van der Waals surface area contributed by atoms with Gasteiger partial charge >= 0.3 is 0 Å². The Hall–Kier alpha value is -2.21. The van der Waals surface area contributed by atoms with Gasteiger partial charge in [-0.05, 0) is 17.5 Å². The third-order valence-corrected chi connectivity index (χ3v) is 3.83. The molecule has 2 atom stereocenters. The molecule has 118 valence electrons. The maximum atomic E-state index is 12.3. The zero-order valence-electron chi connectivity index (χ0n) is 12.9. The Balaban J connectivity index is 2.03. The van der Waals surface area contributed by atoms with Gasteiger partial charge in [0.15, 0.2) is 0 Å². The van der Waals surface area contributed by atoms with Crippen molar-refractivity contribution >= 4 is 5.91 Å². The number of aromatic nitrogens is 3. The summed E-state index contributed by atoms with van der Waals surface area (Å²) in [5.74, 6) is -0.0243. The zero-order valence-corrected chi connectivity index (χ0v) is 12.9. The topological polar surface area (TPSA) is 80.0 Å². The highest BCUT2D eigenvalue weighted by Crippen LogP contribution is 2.11.